The summed E-state index contributed by atoms with van der Waals surface area (Å²) >= 11 is 0. The Labute approximate surface area is 452 Å². The van der Waals surface area contributed by atoms with Gasteiger partial charge in [-0.1, -0.05) is 70.3 Å². The lowest BCUT2D eigenvalue weighted by Crippen LogP contribution is -2.51. The number of nitrogens with two attached hydrogens (primary N) is 1. The molecule has 0 radical (unpaired) electrons. The molecule has 0 aliphatic rings. The zero-order chi connectivity index (χ0) is 54.5. The number of Topliss-reactive ketones (excluding diaryl/α,β-unsaturated/α-hetero) is 1. The summed E-state index contributed by atoms with van der Waals surface area (Å²) in [6.07, 6.45) is 2.73. The van der Waals surface area contributed by atoms with E-state index < -0.39 is 29.7 Å². The Balaban J connectivity index is -0.0000000812. The van der Waals surface area contributed by atoms with Gasteiger partial charge in [0, 0.05) is 90.6 Å². The van der Waals surface area contributed by atoms with Crippen LogP contribution in [0.3, 0.4) is 0 Å². The summed E-state index contributed by atoms with van der Waals surface area (Å²) < 4.78 is 5.34. The molecule has 0 bridgehead atoms. The Kier molecular flexibility index (Phi) is 32.3. The molecule has 2 atom stereocenters. The van der Waals surface area contributed by atoms with E-state index in [-0.39, 0.29) is 37.5 Å². The number of amides is 2. The standard InChI is InChI=1S/C29H36N4O4.C28H6.H3N5O4.14H2/c1-19(25(34)15-12-21-10-13-23-22(18-21)16-17-31-26(23)30)32-27(35)24(33-28(36)37-29(2,3)4)14-11-20-8-6-5-7-9-20;1-3-5-7-9-11-13-15-17-19-21-23-25-27-28-26-24-22-20-18-16-14-12-10-8-6-4-2;1-2-3-4-5(8-6)9-7;;;;;;;;;;;;;;/h5-10,13,16-19,24H,11-12,14-15H2,1-4H3,(H2,30,31)(H,32,35)(H,33,36);1-2H3;1,6-7H;14*1H/b;;2-1?,4-3+;;;;;;;;;;;;;;/t19-,24+;;;;;;;;;;;;;;;;/m0................/s1. The number of nitrogens with one attached hydrogen (secondary N) is 3. The van der Waals surface area contributed by atoms with E-state index in [1.165, 1.54) is 0 Å². The number of ether oxygens (including phenoxy) is 1. The summed E-state index contributed by atoms with van der Waals surface area (Å²) in [5, 5.41) is 30.0. The third-order valence-corrected chi connectivity index (χ3v) is 7.92. The molecule has 2 amide bonds. The van der Waals surface area contributed by atoms with E-state index in [0.717, 1.165) is 21.9 Å². The highest BCUT2D eigenvalue weighted by molar-refractivity contribution is 5.93. The molecule has 1 heterocycles. The van der Waals surface area contributed by atoms with Crippen molar-refractivity contribution in [2.45, 2.75) is 84.9 Å². The van der Waals surface area contributed by atoms with E-state index in [1.54, 1.807) is 47.7 Å². The number of hydrogen-bond acceptors (Lipinski definition) is 12. The summed E-state index contributed by atoms with van der Waals surface area (Å²) in [4.78, 5) is 48.7. The molecule has 2 aromatic carbocycles. The van der Waals surface area contributed by atoms with E-state index >= 15 is 0 Å². The molecule has 1 aromatic heterocycles. The molecule has 0 aliphatic carbocycles. The average Bonchev–Trinajstić information content (AvgIpc) is 3.38. The molecule has 0 saturated carbocycles. The summed E-state index contributed by atoms with van der Waals surface area (Å²) in [5.74, 6) is 65.6. The first kappa shape index (κ1) is 61.2. The quantitative estimate of drug-likeness (QED) is 0.0384. The lowest BCUT2D eigenvalue weighted by molar-refractivity contribution is -0.587. The van der Waals surface area contributed by atoms with Crippen LogP contribution in [0.25, 0.3) is 10.8 Å². The second kappa shape index (κ2) is 39.1. The van der Waals surface area contributed by atoms with Crippen LogP contribution < -0.4 is 16.4 Å². The predicted octanol–water partition coefficient (Wildman–Crippen LogP) is 9.27. The van der Waals surface area contributed by atoms with E-state index in [4.69, 9.17) is 26.5 Å². The molecule has 0 aliphatic heterocycles. The van der Waals surface area contributed by atoms with Gasteiger partial charge in [-0.25, -0.2) is 20.3 Å². The van der Waals surface area contributed by atoms with Gasteiger partial charge in [-0.05, 0) is 189 Å². The van der Waals surface area contributed by atoms with Crippen LogP contribution in [0.1, 0.15) is 85.5 Å². The van der Waals surface area contributed by atoms with Gasteiger partial charge in [-0.2, -0.15) is 5.53 Å². The summed E-state index contributed by atoms with van der Waals surface area (Å²) in [6, 6.07) is 15.9. The van der Waals surface area contributed by atoms with Crippen molar-refractivity contribution < 1.29 is 59.6 Å². The topological polar surface area (TPSA) is 246 Å². The molecule has 394 valence electrons. The number of fused-ring (bicyclic) bond motifs is 1. The number of aromatic nitrogens is 1. The average molecular weight is 1010 g/mol. The van der Waals surface area contributed by atoms with Crippen LogP contribution in [0.15, 0.2) is 76.5 Å². The highest BCUT2D eigenvalue weighted by Crippen LogP contribution is 2.21. The van der Waals surface area contributed by atoms with Crippen molar-refractivity contribution in [1.29, 1.82) is 5.53 Å². The van der Waals surface area contributed by atoms with Crippen molar-refractivity contribution in [3.05, 3.63) is 71.9 Å². The number of aryl methyl sites for hydroxylation is 2. The van der Waals surface area contributed by atoms with Crippen molar-refractivity contribution in [3.8, 4) is 154 Å². The number of hydrogen-bond donors (Lipinski definition) is 6. The van der Waals surface area contributed by atoms with Crippen LogP contribution in [0.4, 0.5) is 10.6 Å². The summed E-state index contributed by atoms with van der Waals surface area (Å²) in [5.41, 5.74) is 13.3. The highest BCUT2D eigenvalue weighted by atomic mass is 17.4. The van der Waals surface area contributed by atoms with E-state index in [9.17, 15) is 14.4 Å². The van der Waals surface area contributed by atoms with Gasteiger partial charge in [0.25, 0.3) is 0 Å². The first-order valence-electron chi connectivity index (χ1n) is 21.3. The minimum atomic E-state index is -0.843. The number of benzene rings is 2. The van der Waals surface area contributed by atoms with E-state index in [1.807, 2.05) is 54.6 Å². The fraction of sp³-hybridized carbons (Fsp3) is 0.228. The molecular weight excluding hydrogens is 939 g/mol. The van der Waals surface area contributed by atoms with Crippen LogP contribution in [-0.4, -0.2) is 56.3 Å². The minimum absolute atomic E-state index is 0. The number of nitrogen functional groups attached to an aromatic ring is 1. The third kappa shape index (κ3) is 31.3. The molecule has 3 aromatic rings. The minimum Gasteiger partial charge on any atom is -0.444 e. The molecule has 3 rings (SSSR count). The van der Waals surface area contributed by atoms with Gasteiger partial charge >= 0.3 is 6.09 Å². The first-order valence-corrected chi connectivity index (χ1v) is 21.3. The number of rotatable bonds is 14. The van der Waals surface area contributed by atoms with Crippen LogP contribution in [0.5, 0.6) is 0 Å². The molecule has 74 heavy (non-hydrogen) atoms. The van der Waals surface area contributed by atoms with Crippen molar-refractivity contribution >= 4 is 34.4 Å². The molecule has 0 unspecified atom stereocenters. The van der Waals surface area contributed by atoms with Crippen LogP contribution in [0, 0.1) is 159 Å². The molecule has 0 fully saturated rings. The Morgan fingerprint density at radius 1 is 0.703 bits per heavy atom. The Bertz CT molecular complexity index is 3300. The van der Waals surface area contributed by atoms with Crippen LogP contribution >= 0.6 is 0 Å². The number of carbonyl (C=O) groups excluding carboxylic acids is 3. The van der Waals surface area contributed by atoms with Gasteiger partial charge in [0.05, 0.1) is 11.4 Å². The summed E-state index contributed by atoms with van der Waals surface area (Å²) in [6.45, 7) is 10.3. The maximum atomic E-state index is 13.1. The Morgan fingerprint density at radius 2 is 1.18 bits per heavy atom. The maximum absolute atomic E-state index is 13.1. The number of alkyl carbamates (subject to hydrolysis) is 1. The van der Waals surface area contributed by atoms with Crippen molar-refractivity contribution in [1.82, 2.24) is 21.0 Å². The van der Waals surface area contributed by atoms with Crippen LogP contribution in [-0.2, 0) is 37.1 Å². The number of ketones is 1. The Morgan fingerprint density at radius 3 is 1.61 bits per heavy atom. The molecule has 17 nitrogen and oxygen atoms in total. The number of carbonyl (C=O) groups is 3. The first-order chi connectivity index (χ1) is 35.8. The number of pyridine rings is 1. The van der Waals surface area contributed by atoms with Gasteiger partial charge in [0.2, 0.25) is 5.91 Å². The molecule has 0 spiro atoms. The monoisotopic (exact) mass is 1010 g/mol. The van der Waals surface area contributed by atoms with E-state index in [2.05, 4.69) is 195 Å². The maximum Gasteiger partial charge on any atom is 0.408 e. The van der Waals surface area contributed by atoms with Gasteiger partial charge < -0.3 is 21.1 Å². The van der Waals surface area contributed by atoms with E-state index in [0.29, 0.717) is 25.1 Å². The normalized spacial score (nSPS) is 9.19. The van der Waals surface area contributed by atoms with Crippen molar-refractivity contribution in [2.24, 2.45) is 15.7 Å². The molecule has 17 heteroatoms. The van der Waals surface area contributed by atoms with Crippen molar-refractivity contribution in [2.75, 3.05) is 5.73 Å². The fourth-order valence-electron chi connectivity index (χ4n) is 4.87. The lowest BCUT2D eigenvalue weighted by atomic mass is 10.0. The second-order valence-corrected chi connectivity index (χ2v) is 14.4. The van der Waals surface area contributed by atoms with Gasteiger partial charge in [0.1, 0.15) is 17.5 Å². The van der Waals surface area contributed by atoms with Gasteiger partial charge in [0.15, 0.2) is 5.78 Å². The number of nitrogens with zero attached hydrogens (tertiary/aromatic N) is 5. The fourth-order valence-corrected chi connectivity index (χ4v) is 4.87. The third-order valence-electron chi connectivity index (χ3n) is 7.92. The summed E-state index contributed by atoms with van der Waals surface area (Å²) in [7, 11) is 0. The Hall–Kier alpha value is -10.8. The zero-order valence-corrected chi connectivity index (χ0v) is 40.9. The van der Waals surface area contributed by atoms with Crippen molar-refractivity contribution in [3.63, 3.8) is 0 Å². The molecule has 0 saturated heterocycles. The smallest absolute Gasteiger partial charge is 0.408 e. The molecular formula is C57H73N9O8. The predicted molar refractivity (Wildman–Crippen MR) is 306 cm³/mol. The number of anilines is 1. The van der Waals surface area contributed by atoms with Gasteiger partial charge in [-0.15, -0.1) is 0 Å². The lowest BCUT2D eigenvalue weighted by Gasteiger charge is -2.24. The largest absolute Gasteiger partial charge is 0.444 e. The molecule has 7 N–H and O–H groups in total. The SMILES string of the molecule is CC#CC#CC#CC#CC#CC#CC#CC#CC#CC#CC#CC#CC#CC.C[C@H](NC(=O)[C@@H](CCc1ccccc1)NC(=O)OC(C)(C)C)C(=O)CCc1ccc2c(N)nccc2c1.N=N/N=N/N(OO)OO.[HH].[HH].[HH].[HH].[HH].[HH].[HH].[HH].[HH].[HH].[HH].[HH].[HH].[HH]. The van der Waals surface area contributed by atoms with Gasteiger partial charge in [-0.3, -0.25) is 9.59 Å². The zero-order valence-electron chi connectivity index (χ0n) is 40.9. The highest BCUT2D eigenvalue weighted by Gasteiger charge is 2.26. The van der Waals surface area contributed by atoms with Crippen LogP contribution in [0.2, 0.25) is 0 Å². The second-order valence-electron chi connectivity index (χ2n) is 14.4.